The van der Waals surface area contributed by atoms with E-state index in [1.807, 2.05) is 33.7 Å². The number of aliphatic hydroxyl groups is 1. The van der Waals surface area contributed by atoms with Gasteiger partial charge in [0.25, 0.3) is 0 Å². The van der Waals surface area contributed by atoms with Gasteiger partial charge in [0.2, 0.25) is 0 Å². The lowest BCUT2D eigenvalue weighted by molar-refractivity contribution is 0.152. The molecule has 0 amide bonds. The Kier molecular flexibility index (Phi) is 4.03. The maximum absolute atomic E-state index is 9.41. The molecule has 1 saturated heterocycles. The molecule has 1 N–H and O–H groups in total. The fourth-order valence-corrected chi connectivity index (χ4v) is 3.45. The first-order valence-corrected chi connectivity index (χ1v) is 8.40. The van der Waals surface area contributed by atoms with Crippen molar-refractivity contribution in [2.45, 2.75) is 38.9 Å². The molecule has 7 nitrogen and oxygen atoms in total. The molecule has 0 saturated carbocycles. The maximum Gasteiger partial charge on any atom is 0.140 e. The summed E-state index contributed by atoms with van der Waals surface area (Å²) in [6.45, 7) is 4.65. The highest BCUT2D eigenvalue weighted by molar-refractivity contribution is 5.47. The Hall–Kier alpha value is -2.25. The van der Waals surface area contributed by atoms with Crippen LogP contribution in [0.5, 0.6) is 0 Å². The van der Waals surface area contributed by atoms with Crippen LogP contribution in [-0.2, 0) is 13.1 Å². The maximum atomic E-state index is 9.41. The zero-order valence-corrected chi connectivity index (χ0v) is 13.8. The Morgan fingerprint density at radius 1 is 1.25 bits per heavy atom. The zero-order valence-electron chi connectivity index (χ0n) is 13.8. The predicted molar refractivity (Wildman–Crippen MR) is 89.6 cm³/mol. The summed E-state index contributed by atoms with van der Waals surface area (Å²) in [6, 6.07) is 4.35. The molecule has 1 aliphatic rings. The van der Waals surface area contributed by atoms with Gasteiger partial charge in [0, 0.05) is 25.0 Å². The van der Waals surface area contributed by atoms with Crippen LogP contribution in [0.25, 0.3) is 5.65 Å². The second-order valence-corrected chi connectivity index (χ2v) is 6.51. The quantitative estimate of drug-likeness (QED) is 0.764. The third-order valence-corrected chi connectivity index (χ3v) is 4.71. The van der Waals surface area contributed by atoms with E-state index in [9.17, 15) is 5.11 Å². The number of nitrogens with zero attached hydrogens (tertiary/aromatic N) is 6. The summed E-state index contributed by atoms with van der Waals surface area (Å²) in [5.74, 6) is 0. The SMILES string of the molecule is Cc1cccn2cc(Cn3cc(CN4CCCC4CO)nn3)nc12. The Morgan fingerprint density at radius 3 is 3.00 bits per heavy atom. The molecular formula is C17H22N6O. The highest BCUT2D eigenvalue weighted by atomic mass is 16.3. The van der Waals surface area contributed by atoms with E-state index in [0.29, 0.717) is 6.54 Å². The highest BCUT2D eigenvalue weighted by Gasteiger charge is 2.24. The van der Waals surface area contributed by atoms with Crippen molar-refractivity contribution in [2.75, 3.05) is 13.2 Å². The lowest BCUT2D eigenvalue weighted by atomic mass is 10.2. The van der Waals surface area contributed by atoms with E-state index >= 15 is 0 Å². The number of aliphatic hydroxyl groups excluding tert-OH is 1. The Balaban J connectivity index is 1.47. The standard InChI is InChI=1S/C17H22N6O/c1-13-4-2-7-22-8-14(18-17(13)22)10-23-11-15(19-20-23)9-21-6-3-5-16(21)12-24/h2,4,7-8,11,16,24H,3,5-6,9-10,12H2,1H3. The van der Waals surface area contributed by atoms with Crippen LogP contribution in [0.2, 0.25) is 0 Å². The van der Waals surface area contributed by atoms with Gasteiger partial charge in [-0.2, -0.15) is 0 Å². The van der Waals surface area contributed by atoms with E-state index in [4.69, 9.17) is 0 Å². The first-order valence-electron chi connectivity index (χ1n) is 8.40. The summed E-state index contributed by atoms with van der Waals surface area (Å²) in [4.78, 5) is 6.96. The lowest BCUT2D eigenvalue weighted by Crippen LogP contribution is -2.31. The minimum Gasteiger partial charge on any atom is -0.395 e. The normalized spacial score (nSPS) is 18.7. The molecule has 0 spiro atoms. The van der Waals surface area contributed by atoms with Crippen molar-refractivity contribution in [3.8, 4) is 0 Å². The Labute approximate surface area is 140 Å². The van der Waals surface area contributed by atoms with Crippen molar-refractivity contribution < 1.29 is 5.11 Å². The molecule has 3 aromatic heterocycles. The van der Waals surface area contributed by atoms with Crippen molar-refractivity contribution in [1.29, 1.82) is 0 Å². The zero-order chi connectivity index (χ0) is 16.5. The summed E-state index contributed by atoms with van der Waals surface area (Å²) >= 11 is 0. The highest BCUT2D eigenvalue weighted by Crippen LogP contribution is 2.18. The molecule has 1 atom stereocenters. The topological polar surface area (TPSA) is 71.5 Å². The molecule has 7 heteroatoms. The van der Waals surface area contributed by atoms with Gasteiger partial charge in [0.05, 0.1) is 30.7 Å². The fourth-order valence-electron chi connectivity index (χ4n) is 3.45. The molecule has 4 heterocycles. The first-order chi connectivity index (χ1) is 11.7. The number of likely N-dealkylation sites (tertiary alicyclic amines) is 1. The van der Waals surface area contributed by atoms with Crippen molar-refractivity contribution in [3.05, 3.63) is 47.7 Å². The molecule has 126 valence electrons. The second kappa shape index (κ2) is 6.33. The van der Waals surface area contributed by atoms with Gasteiger partial charge in [0.1, 0.15) is 5.65 Å². The number of fused-ring (bicyclic) bond motifs is 1. The smallest absolute Gasteiger partial charge is 0.140 e. The van der Waals surface area contributed by atoms with Crippen LogP contribution in [0.3, 0.4) is 0 Å². The third-order valence-electron chi connectivity index (χ3n) is 4.71. The van der Waals surface area contributed by atoms with Crippen molar-refractivity contribution in [3.63, 3.8) is 0 Å². The first kappa shape index (κ1) is 15.3. The molecule has 1 aliphatic heterocycles. The van der Waals surface area contributed by atoms with Gasteiger partial charge >= 0.3 is 0 Å². The van der Waals surface area contributed by atoms with Crippen LogP contribution in [0.15, 0.2) is 30.7 Å². The minimum absolute atomic E-state index is 0.217. The number of hydrogen-bond acceptors (Lipinski definition) is 5. The van der Waals surface area contributed by atoms with E-state index in [0.717, 1.165) is 48.5 Å². The number of pyridine rings is 1. The third kappa shape index (κ3) is 2.92. The molecule has 4 rings (SSSR count). The van der Waals surface area contributed by atoms with Crippen molar-refractivity contribution in [1.82, 2.24) is 29.3 Å². The number of aryl methyl sites for hydroxylation is 1. The molecule has 0 aromatic carbocycles. The average molecular weight is 326 g/mol. The van der Waals surface area contributed by atoms with Crippen molar-refractivity contribution >= 4 is 5.65 Å². The summed E-state index contributed by atoms with van der Waals surface area (Å²) in [5.41, 5.74) is 4.05. The Morgan fingerprint density at radius 2 is 2.17 bits per heavy atom. The van der Waals surface area contributed by atoms with E-state index in [1.165, 1.54) is 0 Å². The molecule has 1 unspecified atom stereocenters. The molecule has 0 radical (unpaired) electrons. The largest absolute Gasteiger partial charge is 0.395 e. The van der Waals surface area contributed by atoms with E-state index < -0.39 is 0 Å². The molecule has 0 bridgehead atoms. The summed E-state index contributed by atoms with van der Waals surface area (Å²) in [7, 11) is 0. The number of aromatic nitrogens is 5. The lowest BCUT2D eigenvalue weighted by Gasteiger charge is -2.20. The average Bonchev–Trinajstić information content (AvgIpc) is 3.28. The van der Waals surface area contributed by atoms with Gasteiger partial charge in [0.15, 0.2) is 0 Å². The van der Waals surface area contributed by atoms with Crippen LogP contribution in [0.1, 0.15) is 29.8 Å². The molecule has 0 aliphatic carbocycles. The van der Waals surface area contributed by atoms with Gasteiger partial charge < -0.3 is 9.51 Å². The summed E-state index contributed by atoms with van der Waals surface area (Å²) < 4.78 is 3.87. The van der Waals surface area contributed by atoms with Crippen LogP contribution >= 0.6 is 0 Å². The Bertz CT molecular complexity index is 839. The van der Waals surface area contributed by atoms with E-state index in [2.05, 4.69) is 33.2 Å². The van der Waals surface area contributed by atoms with Gasteiger partial charge in [-0.3, -0.25) is 4.90 Å². The number of imidazole rings is 1. The molecule has 1 fully saturated rings. The molecular weight excluding hydrogens is 304 g/mol. The summed E-state index contributed by atoms with van der Waals surface area (Å²) in [6.07, 6.45) is 8.22. The number of hydrogen-bond donors (Lipinski definition) is 1. The van der Waals surface area contributed by atoms with Gasteiger partial charge in [-0.05, 0) is 37.9 Å². The summed E-state index contributed by atoms with van der Waals surface area (Å²) in [5, 5.41) is 17.9. The second-order valence-electron chi connectivity index (χ2n) is 6.51. The predicted octanol–water partition coefficient (Wildman–Crippen LogP) is 1.24. The van der Waals surface area contributed by atoms with Crippen molar-refractivity contribution in [2.24, 2.45) is 0 Å². The molecule has 3 aromatic rings. The van der Waals surface area contributed by atoms with Gasteiger partial charge in [-0.1, -0.05) is 11.3 Å². The van der Waals surface area contributed by atoms with Gasteiger partial charge in [-0.25, -0.2) is 9.67 Å². The van der Waals surface area contributed by atoms with Crippen LogP contribution in [0.4, 0.5) is 0 Å². The fraction of sp³-hybridized carbons (Fsp3) is 0.471. The molecule has 24 heavy (non-hydrogen) atoms. The van der Waals surface area contributed by atoms with Gasteiger partial charge in [-0.15, -0.1) is 5.10 Å². The van der Waals surface area contributed by atoms with Crippen LogP contribution < -0.4 is 0 Å². The minimum atomic E-state index is 0.217. The monoisotopic (exact) mass is 326 g/mol. The van der Waals surface area contributed by atoms with E-state index in [-0.39, 0.29) is 12.6 Å². The number of rotatable bonds is 5. The van der Waals surface area contributed by atoms with Crippen LogP contribution in [-0.4, -0.2) is 53.6 Å². The van der Waals surface area contributed by atoms with Crippen LogP contribution in [0, 0.1) is 6.92 Å². The van der Waals surface area contributed by atoms with E-state index in [1.54, 1.807) is 0 Å².